The molecule has 0 saturated carbocycles. The van der Waals surface area contributed by atoms with Crippen LogP contribution in [0.25, 0.3) is 67.8 Å². The van der Waals surface area contributed by atoms with Crippen LogP contribution in [0.2, 0.25) is 0 Å². The third kappa shape index (κ3) is 5.62. The molecule has 0 atom stereocenters. The first-order valence-corrected chi connectivity index (χ1v) is 16.9. The van der Waals surface area contributed by atoms with Gasteiger partial charge in [-0.1, -0.05) is 109 Å². The average molecular weight is 607 g/mol. The van der Waals surface area contributed by atoms with Gasteiger partial charge in [-0.25, -0.2) is 9.97 Å². The molecule has 44 heavy (non-hydrogen) atoms. The molecule has 0 bridgehead atoms. The third-order valence-corrected chi connectivity index (χ3v) is 9.18. The molecule has 0 aliphatic rings. The van der Waals surface area contributed by atoms with Crippen molar-refractivity contribution in [3.05, 3.63) is 133 Å². The zero-order valence-electron chi connectivity index (χ0n) is 24.4. The van der Waals surface area contributed by atoms with E-state index in [-0.39, 0.29) is 0 Å². The molecular formula is C38H30N4S2. The van der Waals surface area contributed by atoms with Crippen molar-refractivity contribution < 1.29 is 0 Å². The molecule has 4 nitrogen and oxygen atoms in total. The molecule has 0 unspecified atom stereocenters. The fourth-order valence-corrected chi connectivity index (χ4v) is 6.17. The van der Waals surface area contributed by atoms with E-state index in [4.69, 9.17) is 9.97 Å². The average Bonchev–Trinajstić information content (AvgIpc) is 3.76. The van der Waals surface area contributed by atoms with Crippen molar-refractivity contribution in [2.75, 3.05) is 12.5 Å². The Morgan fingerprint density at radius 3 is 1.16 bits per heavy atom. The molecule has 0 spiro atoms. The van der Waals surface area contributed by atoms with E-state index < -0.39 is 0 Å². The van der Waals surface area contributed by atoms with Crippen LogP contribution in [0, 0.1) is 0 Å². The number of thioether (sulfide) groups is 2. The molecule has 5 aromatic carbocycles. The highest BCUT2D eigenvalue weighted by atomic mass is 32.2. The fourth-order valence-electron chi connectivity index (χ4n) is 5.35. The van der Waals surface area contributed by atoms with E-state index in [0.717, 1.165) is 67.8 Å². The summed E-state index contributed by atoms with van der Waals surface area (Å²) in [5, 5.41) is 0. The summed E-state index contributed by atoms with van der Waals surface area (Å²) in [6, 6.07) is 46.4. The minimum absolute atomic E-state index is 0.853. The summed E-state index contributed by atoms with van der Waals surface area (Å²) in [4.78, 5) is 19.9. The predicted molar refractivity (Wildman–Crippen MR) is 187 cm³/mol. The minimum Gasteiger partial charge on any atom is -0.337 e. The Labute approximate surface area is 266 Å². The van der Waals surface area contributed by atoms with Gasteiger partial charge in [0.1, 0.15) is 11.6 Å². The topological polar surface area (TPSA) is 57.4 Å². The SMILES string of the molecule is CSc1ccc(-c2nc(-c3ccc(-c4[nH]c(-c5ccc(SC)cc5)nc4-c4ccccc4)cc3)c(-c3ccccc3)[nH]2)cc1. The van der Waals surface area contributed by atoms with Crippen molar-refractivity contribution in [2.24, 2.45) is 0 Å². The van der Waals surface area contributed by atoms with Crippen LogP contribution in [0.1, 0.15) is 0 Å². The van der Waals surface area contributed by atoms with Gasteiger partial charge >= 0.3 is 0 Å². The molecule has 2 N–H and O–H groups in total. The van der Waals surface area contributed by atoms with Gasteiger partial charge in [-0.3, -0.25) is 0 Å². The maximum atomic E-state index is 5.12. The Balaban J connectivity index is 1.30. The lowest BCUT2D eigenvalue weighted by atomic mass is 10.0. The molecule has 2 aromatic heterocycles. The van der Waals surface area contributed by atoms with Gasteiger partial charge in [-0.05, 0) is 36.8 Å². The number of nitrogens with zero attached hydrogens (tertiary/aromatic N) is 2. The smallest absolute Gasteiger partial charge is 0.138 e. The Kier molecular flexibility index (Phi) is 7.93. The fraction of sp³-hybridized carbons (Fsp3) is 0.0526. The van der Waals surface area contributed by atoms with Gasteiger partial charge in [0, 0.05) is 43.2 Å². The van der Waals surface area contributed by atoms with Gasteiger partial charge in [0.2, 0.25) is 0 Å². The van der Waals surface area contributed by atoms with Crippen LogP contribution < -0.4 is 0 Å². The Hall–Kier alpha value is -4.78. The molecule has 2 heterocycles. The van der Waals surface area contributed by atoms with Crippen molar-refractivity contribution in [2.45, 2.75) is 9.79 Å². The number of hydrogen-bond acceptors (Lipinski definition) is 4. The Morgan fingerprint density at radius 2 is 0.727 bits per heavy atom. The number of aromatic amines is 2. The highest BCUT2D eigenvalue weighted by molar-refractivity contribution is 7.98. The number of hydrogen-bond donors (Lipinski definition) is 2. The monoisotopic (exact) mass is 606 g/mol. The standard InChI is InChI=1S/C38H30N4S2/c1-43-31-21-17-29(18-22-31)37-39-33(25-9-5-3-6-10-25)35(41-37)27-13-15-28(16-14-27)36-34(26-11-7-4-8-12-26)40-38(42-36)30-19-23-32(44-2)24-20-30/h3-24H,1-2H3,(H,39,41)(H,40,42). The van der Waals surface area contributed by atoms with Crippen LogP contribution in [0.5, 0.6) is 0 Å². The first-order valence-electron chi connectivity index (χ1n) is 14.4. The van der Waals surface area contributed by atoms with Crippen molar-refractivity contribution >= 4 is 23.5 Å². The first-order chi connectivity index (χ1) is 21.7. The van der Waals surface area contributed by atoms with Crippen LogP contribution >= 0.6 is 23.5 Å². The van der Waals surface area contributed by atoms with E-state index in [1.807, 2.05) is 12.1 Å². The highest BCUT2D eigenvalue weighted by Gasteiger charge is 2.18. The largest absolute Gasteiger partial charge is 0.337 e. The van der Waals surface area contributed by atoms with E-state index in [0.29, 0.717) is 0 Å². The lowest BCUT2D eigenvalue weighted by Gasteiger charge is -2.06. The third-order valence-electron chi connectivity index (χ3n) is 7.69. The van der Waals surface area contributed by atoms with Crippen LogP contribution in [0.15, 0.2) is 143 Å². The Morgan fingerprint density at radius 1 is 0.386 bits per heavy atom. The van der Waals surface area contributed by atoms with E-state index in [9.17, 15) is 0 Å². The van der Waals surface area contributed by atoms with E-state index in [1.165, 1.54) is 9.79 Å². The van der Waals surface area contributed by atoms with Gasteiger partial charge < -0.3 is 9.97 Å². The summed E-state index contributed by atoms with van der Waals surface area (Å²) in [6.07, 6.45) is 4.18. The number of nitrogens with one attached hydrogen (secondary N) is 2. The number of aromatic nitrogens is 4. The van der Waals surface area contributed by atoms with Crippen molar-refractivity contribution in [3.8, 4) is 67.8 Å². The van der Waals surface area contributed by atoms with Crippen molar-refractivity contribution in [3.63, 3.8) is 0 Å². The van der Waals surface area contributed by atoms with E-state index in [2.05, 4.69) is 144 Å². The van der Waals surface area contributed by atoms with Gasteiger partial charge in [0.15, 0.2) is 0 Å². The second kappa shape index (κ2) is 12.4. The highest BCUT2D eigenvalue weighted by Crippen LogP contribution is 2.37. The zero-order valence-corrected chi connectivity index (χ0v) is 26.0. The summed E-state index contributed by atoms with van der Waals surface area (Å²) in [6.45, 7) is 0. The molecular weight excluding hydrogens is 577 g/mol. The Bertz CT molecular complexity index is 1840. The normalized spacial score (nSPS) is 11.1. The summed E-state index contributed by atoms with van der Waals surface area (Å²) in [7, 11) is 0. The summed E-state index contributed by atoms with van der Waals surface area (Å²) in [5.41, 5.74) is 10.3. The number of rotatable bonds is 8. The molecule has 6 heteroatoms. The molecule has 7 aromatic rings. The van der Waals surface area contributed by atoms with Crippen molar-refractivity contribution in [1.29, 1.82) is 0 Å². The maximum absolute atomic E-state index is 5.12. The van der Waals surface area contributed by atoms with Gasteiger partial charge in [0.05, 0.1) is 22.8 Å². The number of benzene rings is 5. The molecule has 7 rings (SSSR count). The zero-order chi connectivity index (χ0) is 29.9. The van der Waals surface area contributed by atoms with Crippen LogP contribution in [-0.4, -0.2) is 32.4 Å². The molecule has 0 radical (unpaired) electrons. The second-order valence-corrected chi connectivity index (χ2v) is 12.1. The summed E-state index contributed by atoms with van der Waals surface area (Å²) >= 11 is 3.47. The summed E-state index contributed by atoms with van der Waals surface area (Å²) < 4.78 is 0. The van der Waals surface area contributed by atoms with Crippen LogP contribution in [0.4, 0.5) is 0 Å². The second-order valence-electron chi connectivity index (χ2n) is 10.4. The lowest BCUT2D eigenvalue weighted by molar-refractivity contribution is 1.30. The lowest BCUT2D eigenvalue weighted by Crippen LogP contribution is -1.86. The number of imidazole rings is 2. The van der Waals surface area contributed by atoms with E-state index >= 15 is 0 Å². The molecule has 0 aliphatic heterocycles. The van der Waals surface area contributed by atoms with Crippen molar-refractivity contribution in [1.82, 2.24) is 19.9 Å². The van der Waals surface area contributed by atoms with Crippen LogP contribution in [-0.2, 0) is 0 Å². The minimum atomic E-state index is 0.853. The van der Waals surface area contributed by atoms with Gasteiger partial charge in [-0.2, -0.15) is 0 Å². The molecule has 0 aliphatic carbocycles. The molecule has 0 fully saturated rings. The molecule has 0 saturated heterocycles. The number of H-pyrrole nitrogens is 2. The van der Waals surface area contributed by atoms with Crippen LogP contribution in [0.3, 0.4) is 0 Å². The quantitative estimate of drug-likeness (QED) is 0.169. The molecule has 214 valence electrons. The predicted octanol–water partition coefficient (Wildman–Crippen LogP) is 10.6. The molecule has 0 amide bonds. The maximum Gasteiger partial charge on any atom is 0.138 e. The van der Waals surface area contributed by atoms with E-state index in [1.54, 1.807) is 23.5 Å². The summed E-state index contributed by atoms with van der Waals surface area (Å²) in [5.74, 6) is 1.71. The first kappa shape index (κ1) is 28.0. The van der Waals surface area contributed by atoms with Gasteiger partial charge in [-0.15, -0.1) is 23.5 Å². The van der Waals surface area contributed by atoms with Gasteiger partial charge in [0.25, 0.3) is 0 Å².